The molecule has 1 aromatic heterocycles. The molecule has 0 bridgehead atoms. The van der Waals surface area contributed by atoms with Crippen LogP contribution in [0.15, 0.2) is 5.16 Å². The Morgan fingerprint density at radius 3 is 2.65 bits per heavy atom. The Morgan fingerprint density at radius 1 is 1.25 bits per heavy atom. The first kappa shape index (κ1) is 15.8. The Labute approximate surface area is 126 Å². The lowest BCUT2D eigenvalue weighted by atomic mass is 9.87. The number of hydrogen-bond donors (Lipinski definition) is 1. The van der Waals surface area contributed by atoms with Crippen LogP contribution in [0.1, 0.15) is 59.2 Å². The van der Waals surface area contributed by atoms with E-state index in [1.165, 1.54) is 19.3 Å². The molecule has 114 valence electrons. The second kappa shape index (κ2) is 6.48. The van der Waals surface area contributed by atoms with Crippen LogP contribution in [0.4, 0.5) is 0 Å². The molecule has 0 saturated heterocycles. The smallest absolute Gasteiger partial charge is 0.191 e. The van der Waals surface area contributed by atoms with Gasteiger partial charge in [0, 0.05) is 24.3 Å². The van der Waals surface area contributed by atoms with E-state index in [4.69, 9.17) is 5.73 Å². The zero-order chi connectivity index (χ0) is 14.8. The average Bonchev–Trinajstić information content (AvgIpc) is 2.61. The molecule has 2 rings (SSSR count). The summed E-state index contributed by atoms with van der Waals surface area (Å²) in [5.41, 5.74) is 6.51. The molecule has 0 saturated carbocycles. The molecular formula is C15H28N4S. The summed E-state index contributed by atoms with van der Waals surface area (Å²) in [7, 11) is 0. The molecule has 4 nitrogen and oxygen atoms in total. The Hall–Kier alpha value is -0.550. The Balaban J connectivity index is 2.21. The third kappa shape index (κ3) is 3.55. The summed E-state index contributed by atoms with van der Waals surface area (Å²) in [6.07, 6.45) is 5.83. The lowest BCUT2D eigenvalue weighted by molar-refractivity contribution is 0.349. The summed E-state index contributed by atoms with van der Waals surface area (Å²) in [6.45, 7) is 10.0. The Kier molecular flexibility index (Phi) is 5.13. The summed E-state index contributed by atoms with van der Waals surface area (Å²) in [4.78, 5) is 0. The van der Waals surface area contributed by atoms with Crippen molar-refractivity contribution in [1.82, 2.24) is 14.8 Å². The monoisotopic (exact) mass is 296 g/mol. The van der Waals surface area contributed by atoms with Gasteiger partial charge in [-0.25, -0.2) is 0 Å². The van der Waals surface area contributed by atoms with Gasteiger partial charge in [-0.1, -0.05) is 45.9 Å². The molecule has 0 radical (unpaired) electrons. The van der Waals surface area contributed by atoms with Gasteiger partial charge >= 0.3 is 0 Å². The second-order valence-corrected chi connectivity index (χ2v) is 7.95. The van der Waals surface area contributed by atoms with Crippen molar-refractivity contribution in [3.8, 4) is 0 Å². The molecule has 2 unspecified atom stereocenters. The molecule has 2 N–H and O–H groups in total. The minimum atomic E-state index is 0.164. The fourth-order valence-electron chi connectivity index (χ4n) is 2.78. The molecule has 0 aromatic carbocycles. The molecule has 2 heterocycles. The van der Waals surface area contributed by atoms with Crippen molar-refractivity contribution in [3.63, 3.8) is 0 Å². The van der Waals surface area contributed by atoms with E-state index in [0.717, 1.165) is 30.4 Å². The first-order valence-corrected chi connectivity index (χ1v) is 8.65. The molecule has 0 aliphatic carbocycles. The molecule has 2 atom stereocenters. The van der Waals surface area contributed by atoms with Crippen LogP contribution in [-0.2, 0) is 13.0 Å². The van der Waals surface area contributed by atoms with Crippen LogP contribution in [0.25, 0.3) is 0 Å². The minimum Gasteiger partial charge on any atom is -0.327 e. The lowest BCUT2D eigenvalue weighted by Gasteiger charge is -2.34. The van der Waals surface area contributed by atoms with Crippen LogP contribution in [-0.4, -0.2) is 26.1 Å². The highest BCUT2D eigenvalue weighted by Crippen LogP contribution is 2.37. The van der Waals surface area contributed by atoms with Crippen molar-refractivity contribution in [2.24, 2.45) is 11.1 Å². The van der Waals surface area contributed by atoms with Crippen molar-refractivity contribution in [3.05, 3.63) is 5.82 Å². The fourth-order valence-corrected chi connectivity index (χ4v) is 4.14. The zero-order valence-corrected chi connectivity index (χ0v) is 14.0. The van der Waals surface area contributed by atoms with E-state index in [2.05, 4.69) is 42.5 Å². The highest BCUT2D eigenvalue weighted by Gasteiger charge is 2.32. The van der Waals surface area contributed by atoms with Gasteiger partial charge in [0.1, 0.15) is 5.82 Å². The molecule has 1 aliphatic heterocycles. The highest BCUT2D eigenvalue weighted by atomic mass is 32.2. The summed E-state index contributed by atoms with van der Waals surface area (Å²) in [5, 5.41) is 10.2. The lowest BCUT2D eigenvalue weighted by Crippen LogP contribution is -2.40. The molecule has 1 aromatic rings. The summed E-state index contributed by atoms with van der Waals surface area (Å²) in [5.74, 6) is 1.16. The van der Waals surface area contributed by atoms with E-state index in [0.29, 0.717) is 5.25 Å². The first-order chi connectivity index (χ1) is 9.43. The number of nitrogens with two attached hydrogens (primary N) is 1. The van der Waals surface area contributed by atoms with Crippen molar-refractivity contribution in [1.29, 1.82) is 0 Å². The van der Waals surface area contributed by atoms with Crippen molar-refractivity contribution in [2.45, 2.75) is 82.8 Å². The normalized spacial score (nSPS) is 19.2. The number of thioether (sulfide) groups is 1. The van der Waals surface area contributed by atoms with Crippen LogP contribution in [0.3, 0.4) is 0 Å². The van der Waals surface area contributed by atoms with E-state index >= 15 is 0 Å². The van der Waals surface area contributed by atoms with Gasteiger partial charge < -0.3 is 10.3 Å². The SMILES string of the molecule is CCC(N)C(Sc1nnc2n1CCCCC2)C(C)(C)C. The molecule has 0 spiro atoms. The molecule has 0 fully saturated rings. The number of aryl methyl sites for hydroxylation is 1. The second-order valence-electron chi connectivity index (χ2n) is 6.84. The maximum Gasteiger partial charge on any atom is 0.191 e. The predicted octanol–water partition coefficient (Wildman–Crippen LogP) is 3.25. The maximum atomic E-state index is 6.35. The fraction of sp³-hybridized carbons (Fsp3) is 0.867. The third-order valence-corrected chi connectivity index (χ3v) is 5.85. The number of aromatic nitrogens is 3. The summed E-state index contributed by atoms with van der Waals surface area (Å²) in [6, 6.07) is 0.193. The van der Waals surface area contributed by atoms with E-state index in [1.54, 1.807) is 0 Å². The van der Waals surface area contributed by atoms with Crippen LogP contribution in [0, 0.1) is 5.41 Å². The molecule has 1 aliphatic rings. The van der Waals surface area contributed by atoms with Gasteiger partial charge in [-0.2, -0.15) is 0 Å². The predicted molar refractivity (Wildman–Crippen MR) is 84.9 cm³/mol. The van der Waals surface area contributed by atoms with Crippen molar-refractivity contribution in [2.75, 3.05) is 0 Å². The van der Waals surface area contributed by atoms with Crippen LogP contribution < -0.4 is 5.73 Å². The quantitative estimate of drug-likeness (QED) is 0.867. The van der Waals surface area contributed by atoms with Crippen molar-refractivity contribution >= 4 is 11.8 Å². The Morgan fingerprint density at radius 2 is 2.00 bits per heavy atom. The van der Waals surface area contributed by atoms with Gasteiger partial charge in [0.15, 0.2) is 5.16 Å². The molecular weight excluding hydrogens is 268 g/mol. The van der Waals surface area contributed by atoms with E-state index < -0.39 is 0 Å². The van der Waals surface area contributed by atoms with Gasteiger partial charge in [0.05, 0.1) is 0 Å². The van der Waals surface area contributed by atoms with Crippen LogP contribution in [0.2, 0.25) is 0 Å². The zero-order valence-electron chi connectivity index (χ0n) is 13.2. The molecule has 0 amide bonds. The maximum absolute atomic E-state index is 6.35. The Bertz CT molecular complexity index is 436. The summed E-state index contributed by atoms with van der Waals surface area (Å²) >= 11 is 1.82. The van der Waals surface area contributed by atoms with Gasteiger partial charge in [-0.15, -0.1) is 10.2 Å². The molecule has 5 heteroatoms. The minimum absolute atomic E-state index is 0.164. The number of fused-ring (bicyclic) bond motifs is 1. The number of nitrogens with zero attached hydrogens (tertiary/aromatic N) is 3. The van der Waals surface area contributed by atoms with E-state index in [-0.39, 0.29) is 11.5 Å². The first-order valence-electron chi connectivity index (χ1n) is 7.77. The third-order valence-electron chi connectivity index (χ3n) is 4.02. The number of rotatable bonds is 4. The van der Waals surface area contributed by atoms with Crippen LogP contribution in [0.5, 0.6) is 0 Å². The average molecular weight is 296 g/mol. The largest absolute Gasteiger partial charge is 0.327 e. The summed E-state index contributed by atoms with van der Waals surface area (Å²) < 4.78 is 2.32. The van der Waals surface area contributed by atoms with Crippen molar-refractivity contribution < 1.29 is 0 Å². The highest BCUT2D eigenvalue weighted by molar-refractivity contribution is 7.99. The standard InChI is InChI=1S/C15H28N4S/c1-5-11(16)13(15(2,3)4)20-14-18-17-12-9-7-6-8-10-19(12)14/h11,13H,5-10,16H2,1-4H3. The van der Waals surface area contributed by atoms with Gasteiger partial charge in [0.2, 0.25) is 0 Å². The van der Waals surface area contributed by atoms with Gasteiger partial charge in [-0.3, -0.25) is 0 Å². The van der Waals surface area contributed by atoms with Gasteiger partial charge in [-0.05, 0) is 24.7 Å². The molecule has 20 heavy (non-hydrogen) atoms. The van der Waals surface area contributed by atoms with E-state index in [9.17, 15) is 0 Å². The number of hydrogen-bond acceptors (Lipinski definition) is 4. The topological polar surface area (TPSA) is 56.7 Å². The van der Waals surface area contributed by atoms with Gasteiger partial charge in [0.25, 0.3) is 0 Å². The van der Waals surface area contributed by atoms with Crippen LogP contribution >= 0.6 is 11.8 Å². The van der Waals surface area contributed by atoms with E-state index in [1.807, 2.05) is 11.8 Å².